The predicted octanol–water partition coefficient (Wildman–Crippen LogP) is 3.72. The Labute approximate surface area is 166 Å². The standard InChI is InChI=1S/C22H28N6/c1-27-11-5-8-18(15-27)25-21-12-19(23-13-16-6-3-2-4-7-16)22-24-14-20(17-9-10-17)28(22)26-21/h2-4,6-7,12,14,17-18,23H,5,8-11,13,15H2,1H3,(H,25,26)/t18-/m0/s1. The molecule has 1 saturated heterocycles. The van der Waals surface area contributed by atoms with Gasteiger partial charge in [0, 0.05) is 31.1 Å². The molecule has 2 N–H and O–H groups in total. The van der Waals surface area contributed by atoms with Crippen LogP contribution in [0.5, 0.6) is 0 Å². The molecule has 1 aliphatic heterocycles. The minimum atomic E-state index is 0.443. The third kappa shape index (κ3) is 3.69. The van der Waals surface area contributed by atoms with Gasteiger partial charge in [-0.05, 0) is 44.8 Å². The van der Waals surface area contributed by atoms with Crippen molar-refractivity contribution in [2.24, 2.45) is 0 Å². The van der Waals surface area contributed by atoms with Gasteiger partial charge in [-0.2, -0.15) is 0 Å². The smallest absolute Gasteiger partial charge is 0.177 e. The van der Waals surface area contributed by atoms with Crippen molar-refractivity contribution >= 4 is 17.2 Å². The number of imidazole rings is 1. The van der Waals surface area contributed by atoms with Crippen LogP contribution in [-0.4, -0.2) is 45.7 Å². The van der Waals surface area contributed by atoms with Gasteiger partial charge in [0.15, 0.2) is 5.65 Å². The molecule has 28 heavy (non-hydrogen) atoms. The number of rotatable bonds is 6. The predicted molar refractivity (Wildman–Crippen MR) is 113 cm³/mol. The molecule has 1 atom stereocenters. The first kappa shape index (κ1) is 17.5. The average molecular weight is 377 g/mol. The fourth-order valence-electron chi connectivity index (χ4n) is 4.13. The van der Waals surface area contributed by atoms with Crippen molar-refractivity contribution in [3.63, 3.8) is 0 Å². The molecule has 6 heteroatoms. The lowest BCUT2D eigenvalue weighted by Crippen LogP contribution is -2.40. The number of nitrogens with zero attached hydrogens (tertiary/aromatic N) is 4. The highest BCUT2D eigenvalue weighted by Gasteiger charge is 2.28. The Kier molecular flexibility index (Phi) is 4.64. The second-order valence-corrected chi connectivity index (χ2v) is 8.22. The van der Waals surface area contributed by atoms with E-state index in [1.54, 1.807) is 0 Å². The van der Waals surface area contributed by atoms with Crippen LogP contribution < -0.4 is 10.6 Å². The maximum atomic E-state index is 4.92. The van der Waals surface area contributed by atoms with Crippen molar-refractivity contribution in [3.8, 4) is 0 Å². The number of anilines is 2. The molecular weight excluding hydrogens is 348 g/mol. The van der Waals surface area contributed by atoms with E-state index in [2.05, 4.69) is 57.4 Å². The highest BCUT2D eigenvalue weighted by atomic mass is 15.3. The number of hydrogen-bond donors (Lipinski definition) is 2. The molecule has 1 aromatic carbocycles. The first-order valence-corrected chi connectivity index (χ1v) is 10.4. The van der Waals surface area contributed by atoms with E-state index >= 15 is 0 Å². The van der Waals surface area contributed by atoms with E-state index in [-0.39, 0.29) is 0 Å². The molecule has 1 aliphatic carbocycles. The second kappa shape index (κ2) is 7.43. The fourth-order valence-corrected chi connectivity index (χ4v) is 4.13. The van der Waals surface area contributed by atoms with Crippen molar-refractivity contribution in [1.29, 1.82) is 0 Å². The van der Waals surface area contributed by atoms with Crippen LogP contribution in [0.15, 0.2) is 42.6 Å². The molecule has 0 spiro atoms. The Balaban J connectivity index is 1.44. The van der Waals surface area contributed by atoms with Gasteiger partial charge in [0.2, 0.25) is 0 Å². The summed E-state index contributed by atoms with van der Waals surface area (Å²) >= 11 is 0. The quantitative estimate of drug-likeness (QED) is 0.687. The molecule has 6 nitrogen and oxygen atoms in total. The molecule has 3 aromatic rings. The van der Waals surface area contributed by atoms with E-state index in [0.29, 0.717) is 12.0 Å². The zero-order valence-corrected chi connectivity index (χ0v) is 16.4. The van der Waals surface area contributed by atoms with Gasteiger partial charge in [-0.1, -0.05) is 30.3 Å². The number of fused-ring (bicyclic) bond motifs is 1. The molecular formula is C22H28N6. The number of hydrogen-bond acceptors (Lipinski definition) is 5. The van der Waals surface area contributed by atoms with Gasteiger partial charge in [0.25, 0.3) is 0 Å². The van der Waals surface area contributed by atoms with Crippen molar-refractivity contribution in [3.05, 3.63) is 53.9 Å². The second-order valence-electron chi connectivity index (χ2n) is 8.22. The fraction of sp³-hybridized carbons (Fsp3) is 0.455. The number of likely N-dealkylation sites (tertiary alicyclic amines) is 1. The maximum absolute atomic E-state index is 4.92. The highest BCUT2D eigenvalue weighted by Crippen LogP contribution is 2.40. The summed E-state index contributed by atoms with van der Waals surface area (Å²) in [6, 6.07) is 13.1. The van der Waals surface area contributed by atoms with Gasteiger partial charge in [0.05, 0.1) is 17.6 Å². The zero-order valence-electron chi connectivity index (χ0n) is 16.4. The van der Waals surface area contributed by atoms with Gasteiger partial charge in [-0.25, -0.2) is 9.50 Å². The van der Waals surface area contributed by atoms with Gasteiger partial charge in [0.1, 0.15) is 5.82 Å². The summed E-state index contributed by atoms with van der Waals surface area (Å²) in [7, 11) is 2.19. The van der Waals surface area contributed by atoms with Crippen LogP contribution in [-0.2, 0) is 6.54 Å². The number of aromatic nitrogens is 3. The van der Waals surface area contributed by atoms with Crippen LogP contribution >= 0.6 is 0 Å². The molecule has 146 valence electrons. The summed E-state index contributed by atoms with van der Waals surface area (Å²) in [5, 5.41) is 12.2. The lowest BCUT2D eigenvalue weighted by atomic mass is 10.1. The Hall–Kier alpha value is -2.60. The molecule has 0 radical (unpaired) electrons. The summed E-state index contributed by atoms with van der Waals surface area (Å²) in [5.41, 5.74) is 4.46. The molecule has 0 unspecified atom stereocenters. The molecule has 0 amide bonds. The third-order valence-electron chi connectivity index (χ3n) is 5.79. The minimum Gasteiger partial charge on any atom is -0.378 e. The number of likely N-dealkylation sites (N-methyl/N-ethyl adjacent to an activating group) is 1. The topological polar surface area (TPSA) is 57.5 Å². The lowest BCUT2D eigenvalue weighted by molar-refractivity contribution is 0.260. The summed E-state index contributed by atoms with van der Waals surface area (Å²) in [6.45, 7) is 3.02. The minimum absolute atomic E-state index is 0.443. The molecule has 0 bridgehead atoms. The summed E-state index contributed by atoms with van der Waals surface area (Å²) in [5.74, 6) is 1.55. The molecule has 3 heterocycles. The van der Waals surface area contributed by atoms with Crippen LogP contribution in [0.4, 0.5) is 11.5 Å². The van der Waals surface area contributed by atoms with E-state index in [1.807, 2.05) is 12.3 Å². The number of benzene rings is 1. The van der Waals surface area contributed by atoms with Gasteiger partial charge in [-0.15, -0.1) is 5.10 Å². The Morgan fingerprint density at radius 1 is 1.14 bits per heavy atom. The van der Waals surface area contributed by atoms with E-state index in [9.17, 15) is 0 Å². The van der Waals surface area contributed by atoms with E-state index in [1.165, 1.54) is 43.5 Å². The zero-order chi connectivity index (χ0) is 18.9. The average Bonchev–Trinajstić information content (AvgIpc) is 3.46. The van der Waals surface area contributed by atoms with E-state index < -0.39 is 0 Å². The van der Waals surface area contributed by atoms with Crippen LogP contribution in [0.2, 0.25) is 0 Å². The summed E-state index contributed by atoms with van der Waals surface area (Å²) in [4.78, 5) is 7.08. The van der Waals surface area contributed by atoms with E-state index in [4.69, 9.17) is 10.1 Å². The third-order valence-corrected chi connectivity index (χ3v) is 5.79. The van der Waals surface area contributed by atoms with Crippen LogP contribution in [0.25, 0.3) is 5.65 Å². The van der Waals surface area contributed by atoms with Crippen molar-refractivity contribution < 1.29 is 0 Å². The Bertz CT molecular complexity index is 946. The number of piperidine rings is 1. The first-order valence-electron chi connectivity index (χ1n) is 10.4. The van der Waals surface area contributed by atoms with Gasteiger partial charge < -0.3 is 15.5 Å². The van der Waals surface area contributed by atoms with Crippen molar-refractivity contribution in [2.75, 3.05) is 30.8 Å². The van der Waals surface area contributed by atoms with E-state index in [0.717, 1.165) is 30.2 Å². The SMILES string of the molecule is CN1CCC[C@H](Nc2cc(NCc3ccccc3)c3ncc(C4CC4)n3n2)C1. The monoisotopic (exact) mass is 376 g/mol. The molecule has 2 aromatic heterocycles. The molecule has 2 fully saturated rings. The van der Waals surface area contributed by atoms with Gasteiger partial charge in [-0.3, -0.25) is 0 Å². The normalized spacial score (nSPS) is 20.4. The summed E-state index contributed by atoms with van der Waals surface area (Å²) < 4.78 is 2.06. The molecule has 1 saturated carbocycles. The van der Waals surface area contributed by atoms with Crippen LogP contribution in [0.1, 0.15) is 42.9 Å². The Morgan fingerprint density at radius 2 is 2.00 bits per heavy atom. The molecule has 5 rings (SSSR count). The Morgan fingerprint density at radius 3 is 2.79 bits per heavy atom. The van der Waals surface area contributed by atoms with Crippen LogP contribution in [0.3, 0.4) is 0 Å². The number of nitrogens with one attached hydrogen (secondary N) is 2. The maximum Gasteiger partial charge on any atom is 0.177 e. The molecule has 2 aliphatic rings. The first-order chi connectivity index (χ1) is 13.8. The lowest BCUT2D eigenvalue weighted by Gasteiger charge is -2.30. The van der Waals surface area contributed by atoms with Crippen molar-refractivity contribution in [2.45, 2.75) is 44.2 Å². The van der Waals surface area contributed by atoms with Crippen LogP contribution in [0, 0.1) is 0 Å². The largest absolute Gasteiger partial charge is 0.378 e. The summed E-state index contributed by atoms with van der Waals surface area (Å²) in [6.07, 6.45) is 6.91. The van der Waals surface area contributed by atoms with Crippen molar-refractivity contribution in [1.82, 2.24) is 19.5 Å². The van der Waals surface area contributed by atoms with Gasteiger partial charge >= 0.3 is 0 Å². The highest BCUT2D eigenvalue weighted by molar-refractivity contribution is 5.71.